The molecule has 1 aromatic heterocycles. The Kier molecular flexibility index (Phi) is 6.74. The zero-order valence-corrected chi connectivity index (χ0v) is 18.6. The van der Waals surface area contributed by atoms with Gasteiger partial charge < -0.3 is 19.2 Å². The van der Waals surface area contributed by atoms with E-state index in [0.717, 1.165) is 16.9 Å². The topological polar surface area (TPSA) is 77.8 Å². The van der Waals surface area contributed by atoms with Gasteiger partial charge in [-0.2, -0.15) is 0 Å². The average Bonchev–Trinajstić information content (AvgIpc) is 2.83. The molecule has 0 bridgehead atoms. The smallest absolute Gasteiger partial charge is 0.257 e. The largest absolute Gasteiger partial charge is 0.497 e. The van der Waals surface area contributed by atoms with Crippen molar-refractivity contribution in [2.24, 2.45) is 0 Å². The lowest BCUT2D eigenvalue weighted by molar-refractivity contribution is -0.123. The first-order valence-electron chi connectivity index (χ1n) is 10.7. The fraction of sp³-hybridized carbons (Fsp3) is 0.185. The number of rotatable bonds is 8. The van der Waals surface area contributed by atoms with Gasteiger partial charge in [0.2, 0.25) is 5.43 Å². The molecule has 0 atom stereocenters. The molecule has 168 valence electrons. The summed E-state index contributed by atoms with van der Waals surface area (Å²) in [6.45, 7) is 2.15. The molecule has 0 unspecified atom stereocenters. The van der Waals surface area contributed by atoms with Gasteiger partial charge in [-0.1, -0.05) is 42.5 Å². The summed E-state index contributed by atoms with van der Waals surface area (Å²) in [5.41, 5.74) is 2.80. The number of fused-ring (bicyclic) bond motifs is 1. The van der Waals surface area contributed by atoms with Gasteiger partial charge in [0.1, 0.15) is 22.8 Å². The number of carbonyl (C=O) groups is 1. The van der Waals surface area contributed by atoms with Gasteiger partial charge in [-0.3, -0.25) is 9.59 Å². The summed E-state index contributed by atoms with van der Waals surface area (Å²) < 4.78 is 16.7. The van der Waals surface area contributed by atoms with Crippen LogP contribution in [0.2, 0.25) is 0 Å². The van der Waals surface area contributed by atoms with Crippen LogP contribution in [0.4, 0.5) is 0 Å². The molecular weight excluding hydrogens is 418 g/mol. The molecule has 0 spiro atoms. The number of nitrogens with one attached hydrogen (secondary N) is 1. The highest BCUT2D eigenvalue weighted by molar-refractivity contribution is 5.84. The van der Waals surface area contributed by atoms with Crippen molar-refractivity contribution in [2.45, 2.75) is 13.3 Å². The molecule has 0 aliphatic rings. The number of hydrogen-bond donors (Lipinski definition) is 1. The number of carbonyl (C=O) groups excluding carboxylic acids is 1. The molecule has 1 heterocycles. The maximum absolute atomic E-state index is 13.0. The minimum absolute atomic E-state index is 0.0947. The second-order valence-electron chi connectivity index (χ2n) is 7.62. The second-order valence-corrected chi connectivity index (χ2v) is 7.62. The van der Waals surface area contributed by atoms with Crippen LogP contribution in [0, 0.1) is 6.92 Å². The zero-order valence-electron chi connectivity index (χ0n) is 18.6. The maximum Gasteiger partial charge on any atom is 0.257 e. The molecule has 0 saturated heterocycles. The van der Waals surface area contributed by atoms with Crippen LogP contribution >= 0.6 is 0 Å². The highest BCUT2D eigenvalue weighted by Crippen LogP contribution is 2.26. The normalized spacial score (nSPS) is 10.7. The van der Waals surface area contributed by atoms with Gasteiger partial charge in [0, 0.05) is 12.6 Å². The van der Waals surface area contributed by atoms with Crippen LogP contribution < -0.4 is 20.2 Å². The predicted molar refractivity (Wildman–Crippen MR) is 128 cm³/mol. The van der Waals surface area contributed by atoms with Crippen LogP contribution in [0.1, 0.15) is 11.3 Å². The summed E-state index contributed by atoms with van der Waals surface area (Å²) in [5.74, 6) is 1.57. The van der Waals surface area contributed by atoms with Crippen LogP contribution in [-0.4, -0.2) is 26.2 Å². The summed E-state index contributed by atoms with van der Waals surface area (Å²) in [5, 5.41) is 3.31. The van der Waals surface area contributed by atoms with E-state index in [-0.39, 0.29) is 17.9 Å². The van der Waals surface area contributed by atoms with Gasteiger partial charge in [-0.25, -0.2) is 0 Å². The maximum atomic E-state index is 13.0. The molecule has 4 aromatic rings. The van der Waals surface area contributed by atoms with Crippen molar-refractivity contribution in [1.29, 1.82) is 0 Å². The Labute approximate surface area is 191 Å². The van der Waals surface area contributed by atoms with Gasteiger partial charge in [0.05, 0.1) is 18.1 Å². The number of hydrogen-bond acceptors (Lipinski definition) is 5. The zero-order chi connectivity index (χ0) is 23.2. The summed E-state index contributed by atoms with van der Waals surface area (Å²) in [6, 6.07) is 22.2. The first kappa shape index (κ1) is 22.1. The quantitative estimate of drug-likeness (QED) is 0.433. The molecule has 0 saturated carbocycles. The number of methoxy groups -OCH3 is 1. The summed E-state index contributed by atoms with van der Waals surface area (Å²) in [6.07, 6.45) is 0.708. The Hall–Kier alpha value is -4.06. The second kappa shape index (κ2) is 10.0. The van der Waals surface area contributed by atoms with E-state index in [4.69, 9.17) is 13.9 Å². The number of ether oxygens (including phenoxy) is 2. The molecule has 33 heavy (non-hydrogen) atoms. The van der Waals surface area contributed by atoms with Gasteiger partial charge in [0.25, 0.3) is 5.91 Å². The lowest BCUT2D eigenvalue weighted by Crippen LogP contribution is -2.30. The third kappa shape index (κ3) is 5.23. The molecule has 6 heteroatoms. The van der Waals surface area contributed by atoms with Crippen LogP contribution in [0.3, 0.4) is 0 Å². The Morgan fingerprint density at radius 3 is 2.42 bits per heavy atom. The van der Waals surface area contributed by atoms with Crippen molar-refractivity contribution in [3.05, 3.63) is 94.3 Å². The van der Waals surface area contributed by atoms with Crippen molar-refractivity contribution in [2.75, 3.05) is 20.3 Å². The fourth-order valence-electron chi connectivity index (χ4n) is 3.65. The summed E-state index contributed by atoms with van der Waals surface area (Å²) >= 11 is 0. The minimum Gasteiger partial charge on any atom is -0.497 e. The van der Waals surface area contributed by atoms with Gasteiger partial charge in [-0.15, -0.1) is 0 Å². The van der Waals surface area contributed by atoms with E-state index in [2.05, 4.69) is 5.32 Å². The molecule has 3 aromatic carbocycles. The highest BCUT2D eigenvalue weighted by Gasteiger charge is 2.14. The van der Waals surface area contributed by atoms with Gasteiger partial charge in [0.15, 0.2) is 6.61 Å². The Morgan fingerprint density at radius 1 is 0.970 bits per heavy atom. The Morgan fingerprint density at radius 2 is 1.70 bits per heavy atom. The summed E-state index contributed by atoms with van der Waals surface area (Å²) in [4.78, 5) is 25.2. The van der Waals surface area contributed by atoms with Gasteiger partial charge in [-0.05, 0) is 48.7 Å². The third-order valence-electron chi connectivity index (χ3n) is 5.37. The molecule has 0 aliphatic carbocycles. The average molecular weight is 443 g/mol. The van der Waals surface area contributed by atoms with Crippen LogP contribution in [-0.2, 0) is 11.2 Å². The molecule has 0 fully saturated rings. The highest BCUT2D eigenvalue weighted by atomic mass is 16.5. The van der Waals surface area contributed by atoms with E-state index in [1.54, 1.807) is 32.2 Å². The lowest BCUT2D eigenvalue weighted by Gasteiger charge is -2.10. The molecule has 0 radical (unpaired) electrons. The van der Waals surface area contributed by atoms with Crippen molar-refractivity contribution in [3.63, 3.8) is 0 Å². The fourth-order valence-corrected chi connectivity index (χ4v) is 3.65. The van der Waals surface area contributed by atoms with Crippen molar-refractivity contribution >= 4 is 16.9 Å². The van der Waals surface area contributed by atoms with Crippen molar-refractivity contribution < 1.29 is 18.7 Å². The molecule has 1 amide bonds. The number of benzene rings is 3. The summed E-state index contributed by atoms with van der Waals surface area (Å²) in [7, 11) is 1.63. The lowest BCUT2D eigenvalue weighted by atomic mass is 10.0. The van der Waals surface area contributed by atoms with Crippen LogP contribution in [0.5, 0.6) is 11.5 Å². The Bertz CT molecular complexity index is 1310. The SMILES string of the molecule is COc1ccc(CCNC(=O)COc2ccc3c(=O)c(-c4ccccc4)c(C)oc3c2)cc1. The standard InChI is InChI=1S/C27H25NO5/c1-18-26(20-6-4-3-5-7-20)27(30)23-13-12-22(16-24(23)33-18)32-17-25(29)28-15-14-19-8-10-21(31-2)11-9-19/h3-13,16H,14-15,17H2,1-2H3,(H,28,29). The molecule has 6 nitrogen and oxygen atoms in total. The van der Waals surface area contributed by atoms with Crippen LogP contribution in [0.25, 0.3) is 22.1 Å². The van der Waals surface area contributed by atoms with Crippen molar-refractivity contribution in [3.8, 4) is 22.6 Å². The molecule has 4 rings (SSSR count). The number of amides is 1. The van der Waals surface area contributed by atoms with E-state index in [1.807, 2.05) is 54.6 Å². The number of aryl methyl sites for hydroxylation is 1. The predicted octanol–water partition coefficient (Wildman–Crippen LogP) is 4.51. The first-order chi connectivity index (χ1) is 16.0. The monoisotopic (exact) mass is 443 g/mol. The first-order valence-corrected chi connectivity index (χ1v) is 10.7. The van der Waals surface area contributed by atoms with E-state index < -0.39 is 0 Å². The third-order valence-corrected chi connectivity index (χ3v) is 5.37. The van der Waals surface area contributed by atoms with E-state index in [1.165, 1.54) is 0 Å². The van der Waals surface area contributed by atoms with E-state index in [9.17, 15) is 9.59 Å². The van der Waals surface area contributed by atoms with E-state index in [0.29, 0.717) is 41.0 Å². The Balaban J connectivity index is 1.37. The van der Waals surface area contributed by atoms with Crippen molar-refractivity contribution in [1.82, 2.24) is 5.32 Å². The molecule has 0 aliphatic heterocycles. The molecular formula is C27H25NO5. The van der Waals surface area contributed by atoms with Crippen LogP contribution in [0.15, 0.2) is 82.0 Å². The molecule has 1 N–H and O–H groups in total. The van der Waals surface area contributed by atoms with E-state index >= 15 is 0 Å². The minimum atomic E-state index is -0.222. The van der Waals surface area contributed by atoms with Gasteiger partial charge >= 0.3 is 0 Å².